The van der Waals surface area contributed by atoms with Crippen molar-refractivity contribution in [1.29, 1.82) is 0 Å². The molecule has 0 heterocycles. The third-order valence-electron chi connectivity index (χ3n) is 12.3. The minimum absolute atomic E-state index is 0.0408. The van der Waals surface area contributed by atoms with Crippen molar-refractivity contribution >= 4 is 0 Å². The van der Waals surface area contributed by atoms with Crippen molar-refractivity contribution in [2.45, 2.75) is 131 Å². The van der Waals surface area contributed by atoms with Crippen molar-refractivity contribution in [2.75, 3.05) is 0 Å². The molecule has 0 radical (unpaired) electrons. The molecule has 0 aromatic heterocycles. The van der Waals surface area contributed by atoms with E-state index in [1.807, 2.05) is 0 Å². The van der Waals surface area contributed by atoms with E-state index in [9.17, 15) is 20.4 Å². The van der Waals surface area contributed by atoms with Gasteiger partial charge in [-0.15, -0.1) is 0 Å². The number of hydrogen-bond acceptors (Lipinski definition) is 4. The van der Waals surface area contributed by atoms with Gasteiger partial charge in [-0.3, -0.25) is 0 Å². The summed E-state index contributed by atoms with van der Waals surface area (Å²) in [5.74, 6) is 1.91. The van der Waals surface area contributed by atoms with Gasteiger partial charge in [-0.2, -0.15) is 0 Å². The van der Waals surface area contributed by atoms with Crippen LogP contribution in [-0.2, 0) is 0 Å². The molecule has 4 N–H and O–H groups in total. The molecule has 0 unspecified atom stereocenters. The van der Waals surface area contributed by atoms with Crippen LogP contribution in [0, 0.1) is 45.3 Å². The summed E-state index contributed by atoms with van der Waals surface area (Å²) in [5.41, 5.74) is 0.962. The van der Waals surface area contributed by atoms with Gasteiger partial charge in [-0.05, 0) is 111 Å². The molecular formula is C30H52O4. The Balaban J connectivity index is 1.60. The van der Waals surface area contributed by atoms with Crippen LogP contribution in [0.5, 0.6) is 0 Å². The van der Waals surface area contributed by atoms with E-state index in [1.54, 1.807) is 19.4 Å². The van der Waals surface area contributed by atoms with Crippen molar-refractivity contribution in [2.24, 2.45) is 45.3 Å². The Labute approximate surface area is 208 Å². The van der Waals surface area contributed by atoms with E-state index in [0.29, 0.717) is 24.2 Å². The zero-order valence-electron chi connectivity index (χ0n) is 23.1. The molecule has 3 fully saturated rings. The first-order valence-corrected chi connectivity index (χ1v) is 14.0. The molecule has 4 aliphatic carbocycles. The summed E-state index contributed by atoms with van der Waals surface area (Å²) in [5, 5.41) is 42.1. The average Bonchev–Trinajstić information content (AvgIpc) is 3.01. The molecule has 0 bridgehead atoms. The van der Waals surface area contributed by atoms with Gasteiger partial charge >= 0.3 is 0 Å². The highest BCUT2D eigenvalue weighted by atomic mass is 16.4. The Morgan fingerprint density at radius 1 is 1.00 bits per heavy atom. The minimum Gasteiger partial charge on any atom is -0.393 e. The summed E-state index contributed by atoms with van der Waals surface area (Å²) < 4.78 is 0. The zero-order chi connectivity index (χ0) is 25.5. The number of aliphatic hydroxyl groups is 4. The molecule has 3 saturated carbocycles. The summed E-state index contributed by atoms with van der Waals surface area (Å²) in [4.78, 5) is 0. The third-order valence-corrected chi connectivity index (χ3v) is 12.3. The van der Waals surface area contributed by atoms with Crippen LogP contribution in [0.4, 0.5) is 0 Å². The monoisotopic (exact) mass is 476 g/mol. The van der Waals surface area contributed by atoms with Gasteiger partial charge in [-0.25, -0.2) is 0 Å². The van der Waals surface area contributed by atoms with Crippen LogP contribution in [-0.4, -0.2) is 44.3 Å². The molecule has 4 heteroatoms. The van der Waals surface area contributed by atoms with Gasteiger partial charge in [0.25, 0.3) is 0 Å². The molecule has 0 aromatic rings. The van der Waals surface area contributed by atoms with Crippen molar-refractivity contribution in [3.05, 3.63) is 11.6 Å². The van der Waals surface area contributed by atoms with Crippen molar-refractivity contribution < 1.29 is 20.4 Å². The number of fused-ring (bicyclic) bond motifs is 5. The van der Waals surface area contributed by atoms with Gasteiger partial charge in [0.1, 0.15) is 6.10 Å². The van der Waals surface area contributed by atoms with Crippen molar-refractivity contribution in [3.63, 3.8) is 0 Å². The van der Waals surface area contributed by atoms with Crippen LogP contribution in [0.3, 0.4) is 0 Å². The van der Waals surface area contributed by atoms with Crippen molar-refractivity contribution in [1.82, 2.24) is 0 Å². The Morgan fingerprint density at radius 3 is 2.26 bits per heavy atom. The van der Waals surface area contributed by atoms with E-state index < -0.39 is 17.8 Å². The topological polar surface area (TPSA) is 80.9 Å². The van der Waals surface area contributed by atoms with E-state index in [2.05, 4.69) is 47.6 Å². The third kappa shape index (κ3) is 3.68. The molecule has 0 aliphatic heterocycles. The highest BCUT2D eigenvalue weighted by Gasteiger charge is 2.65. The lowest BCUT2D eigenvalue weighted by atomic mass is 9.41. The predicted octanol–water partition coefficient (Wildman–Crippen LogP) is 5.47. The van der Waals surface area contributed by atoms with E-state index in [4.69, 9.17) is 0 Å². The first-order chi connectivity index (χ1) is 15.5. The van der Waals surface area contributed by atoms with Crippen LogP contribution in [0.1, 0.15) is 107 Å². The smallest absolute Gasteiger partial charge is 0.108 e. The fraction of sp³-hybridized carbons (Fsp3) is 0.933. The lowest BCUT2D eigenvalue weighted by Gasteiger charge is -2.64. The quantitative estimate of drug-likeness (QED) is 0.397. The Hall–Kier alpha value is -0.420. The van der Waals surface area contributed by atoms with Crippen LogP contribution < -0.4 is 0 Å². The second kappa shape index (κ2) is 8.30. The maximum absolute atomic E-state index is 10.8. The maximum atomic E-state index is 10.8. The summed E-state index contributed by atoms with van der Waals surface area (Å²) >= 11 is 0. The molecule has 196 valence electrons. The number of rotatable bonds is 5. The highest BCUT2D eigenvalue weighted by molar-refractivity contribution is 5.33. The molecule has 0 amide bonds. The Morgan fingerprint density at radius 2 is 1.65 bits per heavy atom. The first-order valence-electron chi connectivity index (χ1n) is 14.0. The maximum Gasteiger partial charge on any atom is 0.108 e. The first kappa shape index (κ1) is 26.6. The summed E-state index contributed by atoms with van der Waals surface area (Å²) in [6.07, 6.45) is 8.76. The van der Waals surface area contributed by atoms with Crippen LogP contribution in [0.2, 0.25) is 0 Å². The fourth-order valence-electron chi connectivity index (χ4n) is 9.80. The normalized spacial score (nSPS) is 46.5. The van der Waals surface area contributed by atoms with Gasteiger partial charge < -0.3 is 20.4 Å². The molecular weight excluding hydrogens is 424 g/mol. The summed E-state index contributed by atoms with van der Waals surface area (Å²) in [7, 11) is 0. The molecule has 0 aromatic carbocycles. The molecule has 4 rings (SSSR count). The van der Waals surface area contributed by atoms with Gasteiger partial charge in [0.2, 0.25) is 0 Å². The largest absolute Gasteiger partial charge is 0.393 e. The second-order valence-corrected chi connectivity index (χ2v) is 14.7. The number of aliphatic hydroxyl groups excluding tert-OH is 3. The molecule has 10 atom stereocenters. The van der Waals surface area contributed by atoms with Gasteiger partial charge in [0, 0.05) is 0 Å². The predicted molar refractivity (Wildman–Crippen MR) is 137 cm³/mol. The number of hydrogen-bond donors (Lipinski definition) is 4. The van der Waals surface area contributed by atoms with E-state index >= 15 is 0 Å². The van der Waals surface area contributed by atoms with Crippen LogP contribution in [0.15, 0.2) is 11.6 Å². The van der Waals surface area contributed by atoms with Gasteiger partial charge in [-0.1, -0.05) is 53.2 Å². The Bertz CT molecular complexity index is 811. The molecule has 0 spiro atoms. The van der Waals surface area contributed by atoms with Gasteiger partial charge in [0.05, 0.1) is 17.8 Å². The van der Waals surface area contributed by atoms with E-state index in [-0.39, 0.29) is 33.7 Å². The average molecular weight is 477 g/mol. The van der Waals surface area contributed by atoms with Crippen LogP contribution >= 0.6 is 0 Å². The minimum atomic E-state index is -1.30. The second-order valence-electron chi connectivity index (χ2n) is 14.7. The summed E-state index contributed by atoms with van der Waals surface area (Å²) in [6.45, 7) is 17.5. The van der Waals surface area contributed by atoms with E-state index in [0.717, 1.165) is 25.7 Å². The van der Waals surface area contributed by atoms with E-state index in [1.165, 1.54) is 19.3 Å². The molecule has 4 nitrogen and oxygen atoms in total. The highest BCUT2D eigenvalue weighted by Crippen LogP contribution is 2.73. The lowest BCUT2D eigenvalue weighted by Crippen LogP contribution is -2.58. The fourth-order valence-corrected chi connectivity index (χ4v) is 9.80. The molecule has 0 saturated heterocycles. The molecule has 4 aliphatic rings. The van der Waals surface area contributed by atoms with Crippen molar-refractivity contribution in [3.8, 4) is 0 Å². The zero-order valence-corrected chi connectivity index (χ0v) is 23.1. The SMILES string of the molecule is C[C@@H](C[C@H](O)[C@H](O)C(C)(C)O)[C@@H]1CC[C@]2(C)C3=CC[C@H]4C(C)(C)[C@@H](O)CC[C@]4(C)[C@@H]3CC[C@@]12C. The molecule has 34 heavy (non-hydrogen) atoms. The summed E-state index contributed by atoms with van der Waals surface area (Å²) in [6, 6.07) is 0. The lowest BCUT2D eigenvalue weighted by molar-refractivity contribution is -0.133. The van der Waals surface area contributed by atoms with Gasteiger partial charge in [0.15, 0.2) is 0 Å². The Kier molecular flexibility index (Phi) is 6.50. The number of allylic oxidation sites excluding steroid dienone is 2. The van der Waals surface area contributed by atoms with Crippen LogP contribution in [0.25, 0.3) is 0 Å². The standard InChI is InChI=1S/C30H52O4/c1-18(17-22(31)25(33)27(4,5)34)19-11-15-30(8)21-9-10-23-26(2,3)24(32)13-14-28(23,6)20(21)12-16-29(19,30)7/h9,18-20,22-25,31-34H,10-17H2,1-8H3/t18-,19-,20+,22-,23-,24-,25-,28+,29-,30+/m0/s1.